The van der Waals surface area contributed by atoms with Gasteiger partial charge in [0, 0.05) is 18.8 Å². The summed E-state index contributed by atoms with van der Waals surface area (Å²) in [6.45, 7) is 9.08. The molecule has 4 heteroatoms. The number of nitrogens with zero attached hydrogens (tertiary/aromatic N) is 2. The Hall–Kier alpha value is -1.94. The first-order valence-corrected chi connectivity index (χ1v) is 12.4. The predicted molar refractivity (Wildman–Crippen MR) is 130 cm³/mol. The molecule has 0 saturated heterocycles. The zero-order valence-electron chi connectivity index (χ0n) is 19.9. The maximum atomic E-state index is 5.85. The number of hydrogen-bond donors (Lipinski definition) is 0. The molecule has 0 spiro atoms. The second kappa shape index (κ2) is 15.8. The van der Waals surface area contributed by atoms with E-state index in [0.29, 0.717) is 5.92 Å². The lowest BCUT2D eigenvalue weighted by molar-refractivity contribution is 0.0977. The summed E-state index contributed by atoms with van der Waals surface area (Å²) in [6, 6.07) is 12.3. The van der Waals surface area contributed by atoms with E-state index in [4.69, 9.17) is 9.47 Å². The lowest BCUT2D eigenvalue weighted by Crippen LogP contribution is -2.06. The number of aromatic nitrogens is 2. The second-order valence-corrected chi connectivity index (χ2v) is 8.60. The molecule has 1 aromatic heterocycles. The van der Waals surface area contributed by atoms with Crippen LogP contribution in [0.5, 0.6) is 5.75 Å². The number of hydrogen-bond acceptors (Lipinski definition) is 4. The summed E-state index contributed by atoms with van der Waals surface area (Å²) >= 11 is 0. The maximum Gasteiger partial charge on any atom is 0.119 e. The SMILES string of the molecule is CCCCCCCCc1ccc(-c2ccc(OCCCCOC[C@@H](C)CC)cc2)nn1. The Bertz CT molecular complexity index is 685. The van der Waals surface area contributed by atoms with Crippen molar-refractivity contribution in [3.05, 3.63) is 42.1 Å². The van der Waals surface area contributed by atoms with Gasteiger partial charge in [-0.15, -0.1) is 0 Å². The fraction of sp³-hybridized carbons (Fsp3) is 0.630. The zero-order chi connectivity index (χ0) is 22.2. The van der Waals surface area contributed by atoms with Gasteiger partial charge in [-0.25, -0.2) is 0 Å². The van der Waals surface area contributed by atoms with Crippen molar-refractivity contribution >= 4 is 0 Å². The zero-order valence-corrected chi connectivity index (χ0v) is 19.9. The van der Waals surface area contributed by atoms with Crippen molar-refractivity contribution in [3.8, 4) is 17.0 Å². The minimum atomic E-state index is 0.649. The molecule has 0 N–H and O–H groups in total. The van der Waals surface area contributed by atoms with Crippen LogP contribution >= 0.6 is 0 Å². The lowest BCUT2D eigenvalue weighted by Gasteiger charge is -2.10. The van der Waals surface area contributed by atoms with Gasteiger partial charge in [-0.1, -0.05) is 59.3 Å². The Kier molecular flexibility index (Phi) is 12.9. The topological polar surface area (TPSA) is 44.2 Å². The van der Waals surface area contributed by atoms with E-state index in [1.807, 2.05) is 12.1 Å². The first kappa shape index (κ1) is 25.3. The molecule has 4 nitrogen and oxygen atoms in total. The summed E-state index contributed by atoms with van der Waals surface area (Å²) in [6.07, 6.45) is 12.1. The van der Waals surface area contributed by atoms with Gasteiger partial charge < -0.3 is 9.47 Å². The van der Waals surface area contributed by atoms with Crippen LogP contribution in [0.15, 0.2) is 36.4 Å². The van der Waals surface area contributed by atoms with Gasteiger partial charge in [0.25, 0.3) is 0 Å². The minimum Gasteiger partial charge on any atom is -0.494 e. The van der Waals surface area contributed by atoms with Crippen molar-refractivity contribution in [1.82, 2.24) is 10.2 Å². The molecule has 2 aromatic rings. The van der Waals surface area contributed by atoms with E-state index in [1.165, 1.54) is 44.9 Å². The fourth-order valence-corrected chi connectivity index (χ4v) is 3.35. The van der Waals surface area contributed by atoms with Crippen LogP contribution in [0.2, 0.25) is 0 Å². The highest BCUT2D eigenvalue weighted by atomic mass is 16.5. The molecular weight excluding hydrogens is 384 g/mol. The second-order valence-electron chi connectivity index (χ2n) is 8.60. The van der Waals surface area contributed by atoms with Gasteiger partial charge in [-0.2, -0.15) is 10.2 Å². The third kappa shape index (κ3) is 10.8. The molecule has 1 aromatic carbocycles. The average Bonchev–Trinajstić information content (AvgIpc) is 2.81. The molecule has 0 bridgehead atoms. The summed E-state index contributed by atoms with van der Waals surface area (Å²) in [5.74, 6) is 1.55. The first-order valence-electron chi connectivity index (χ1n) is 12.4. The van der Waals surface area contributed by atoms with Crippen LogP contribution in [-0.4, -0.2) is 30.0 Å². The Labute approximate surface area is 189 Å². The molecule has 31 heavy (non-hydrogen) atoms. The van der Waals surface area contributed by atoms with Crippen LogP contribution in [-0.2, 0) is 11.2 Å². The molecule has 0 fully saturated rings. The molecule has 0 amide bonds. The van der Waals surface area contributed by atoms with Gasteiger partial charge in [0.1, 0.15) is 5.75 Å². The molecule has 0 saturated carbocycles. The predicted octanol–water partition coefficient (Wildman–Crippen LogP) is 7.27. The molecule has 0 aliphatic rings. The number of rotatable bonds is 17. The number of unbranched alkanes of at least 4 members (excludes halogenated alkanes) is 6. The van der Waals surface area contributed by atoms with Crippen LogP contribution in [0.3, 0.4) is 0 Å². The molecule has 0 aliphatic carbocycles. The Morgan fingerprint density at radius 3 is 2.23 bits per heavy atom. The molecule has 1 heterocycles. The quantitative estimate of drug-likeness (QED) is 0.250. The summed E-state index contributed by atoms with van der Waals surface area (Å²) in [5, 5.41) is 8.84. The highest BCUT2D eigenvalue weighted by Crippen LogP contribution is 2.21. The molecule has 172 valence electrons. The molecule has 0 aliphatic heterocycles. The van der Waals surface area contributed by atoms with Crippen LogP contribution in [0, 0.1) is 5.92 Å². The van der Waals surface area contributed by atoms with Crippen molar-refractivity contribution < 1.29 is 9.47 Å². The van der Waals surface area contributed by atoms with Gasteiger partial charge in [0.15, 0.2) is 0 Å². The van der Waals surface area contributed by atoms with Gasteiger partial charge in [0.2, 0.25) is 0 Å². The van der Waals surface area contributed by atoms with E-state index < -0.39 is 0 Å². The molecule has 0 radical (unpaired) electrons. The summed E-state index contributed by atoms with van der Waals surface area (Å²) < 4.78 is 11.5. The number of benzene rings is 1. The maximum absolute atomic E-state index is 5.85. The number of ether oxygens (including phenoxy) is 2. The van der Waals surface area contributed by atoms with E-state index in [9.17, 15) is 0 Å². The average molecular weight is 427 g/mol. The Balaban J connectivity index is 1.64. The van der Waals surface area contributed by atoms with E-state index in [1.54, 1.807) is 0 Å². The monoisotopic (exact) mass is 426 g/mol. The van der Waals surface area contributed by atoms with Crippen LogP contribution in [0.1, 0.15) is 84.3 Å². The largest absolute Gasteiger partial charge is 0.494 e. The van der Waals surface area contributed by atoms with Crippen LogP contribution in [0.4, 0.5) is 0 Å². The van der Waals surface area contributed by atoms with E-state index in [-0.39, 0.29) is 0 Å². The van der Waals surface area contributed by atoms with E-state index in [2.05, 4.69) is 55.2 Å². The Morgan fingerprint density at radius 2 is 1.52 bits per heavy atom. The fourth-order valence-electron chi connectivity index (χ4n) is 3.35. The third-order valence-corrected chi connectivity index (χ3v) is 5.71. The van der Waals surface area contributed by atoms with Gasteiger partial charge in [-0.05, 0) is 68.0 Å². The molecular formula is C27H42N2O2. The smallest absolute Gasteiger partial charge is 0.119 e. The highest BCUT2D eigenvalue weighted by Gasteiger charge is 2.03. The summed E-state index contributed by atoms with van der Waals surface area (Å²) in [4.78, 5) is 0. The van der Waals surface area contributed by atoms with Crippen molar-refractivity contribution in [1.29, 1.82) is 0 Å². The normalized spacial score (nSPS) is 12.1. The van der Waals surface area contributed by atoms with Gasteiger partial charge in [0.05, 0.1) is 18.0 Å². The molecule has 1 atom stereocenters. The lowest BCUT2D eigenvalue weighted by atomic mass is 10.1. The van der Waals surface area contributed by atoms with Crippen molar-refractivity contribution in [2.24, 2.45) is 5.92 Å². The number of aryl methyl sites for hydroxylation is 1. The highest BCUT2D eigenvalue weighted by molar-refractivity contribution is 5.59. The van der Waals surface area contributed by atoms with Gasteiger partial charge in [-0.3, -0.25) is 0 Å². The van der Waals surface area contributed by atoms with Crippen LogP contribution < -0.4 is 4.74 Å². The van der Waals surface area contributed by atoms with Crippen molar-refractivity contribution in [3.63, 3.8) is 0 Å². The van der Waals surface area contributed by atoms with Crippen LogP contribution in [0.25, 0.3) is 11.3 Å². The minimum absolute atomic E-state index is 0.649. The standard InChI is InChI=1S/C27H42N2O2/c1-4-6-7-8-9-10-13-25-16-19-27(29-28-25)24-14-17-26(18-15-24)31-21-12-11-20-30-22-23(3)5-2/h14-19,23H,4-13,20-22H2,1-3H3/t23-/m0/s1. The molecule has 0 unspecified atom stereocenters. The van der Waals surface area contributed by atoms with Gasteiger partial charge >= 0.3 is 0 Å². The first-order chi connectivity index (χ1) is 15.2. The van der Waals surface area contributed by atoms with E-state index >= 15 is 0 Å². The van der Waals surface area contributed by atoms with E-state index in [0.717, 1.165) is 61.8 Å². The van der Waals surface area contributed by atoms with Crippen molar-refractivity contribution in [2.45, 2.75) is 85.0 Å². The van der Waals surface area contributed by atoms with Crippen molar-refractivity contribution in [2.75, 3.05) is 19.8 Å². The third-order valence-electron chi connectivity index (χ3n) is 5.71. The Morgan fingerprint density at radius 1 is 0.774 bits per heavy atom. The summed E-state index contributed by atoms with van der Waals surface area (Å²) in [5.41, 5.74) is 3.08. The summed E-state index contributed by atoms with van der Waals surface area (Å²) in [7, 11) is 0. The molecule has 2 rings (SSSR count).